The molecule has 1 unspecified atom stereocenters. The molecule has 1 aromatic carbocycles. The standard InChI is InChI=1S/C15H25NO3/c1-10(2)18-8-13(17)9-19-15-7-11(3)5-6-14(15)12(4)16/h5-7,10,12-13,17H,8-9,16H2,1-4H3/t12-,13?/m0/s1. The Balaban J connectivity index is 2.59. The van der Waals surface area contributed by atoms with Crippen molar-refractivity contribution in [2.75, 3.05) is 13.2 Å². The van der Waals surface area contributed by atoms with Gasteiger partial charge in [0.15, 0.2) is 0 Å². The van der Waals surface area contributed by atoms with Gasteiger partial charge in [-0.15, -0.1) is 0 Å². The average Bonchev–Trinajstić information content (AvgIpc) is 2.33. The third kappa shape index (κ3) is 5.59. The summed E-state index contributed by atoms with van der Waals surface area (Å²) < 4.78 is 11.0. The van der Waals surface area contributed by atoms with Crippen LogP contribution in [0.3, 0.4) is 0 Å². The molecule has 0 amide bonds. The summed E-state index contributed by atoms with van der Waals surface area (Å²) in [4.78, 5) is 0. The van der Waals surface area contributed by atoms with E-state index in [0.29, 0.717) is 0 Å². The number of rotatable bonds is 7. The van der Waals surface area contributed by atoms with Crippen LogP contribution in [-0.4, -0.2) is 30.5 Å². The molecule has 0 spiro atoms. The van der Waals surface area contributed by atoms with Crippen molar-refractivity contribution < 1.29 is 14.6 Å². The van der Waals surface area contributed by atoms with Crippen molar-refractivity contribution in [3.8, 4) is 5.75 Å². The fourth-order valence-corrected chi connectivity index (χ4v) is 1.68. The Bertz CT molecular complexity index is 391. The van der Waals surface area contributed by atoms with Crippen LogP contribution in [0.25, 0.3) is 0 Å². The second-order valence-electron chi connectivity index (χ2n) is 5.18. The summed E-state index contributed by atoms with van der Waals surface area (Å²) in [5.74, 6) is 0.735. The minimum absolute atomic E-state index is 0.0975. The van der Waals surface area contributed by atoms with Crippen LogP contribution in [0, 0.1) is 6.92 Å². The Morgan fingerprint density at radius 2 is 1.89 bits per heavy atom. The molecule has 3 N–H and O–H groups in total. The van der Waals surface area contributed by atoms with Gasteiger partial charge in [0.25, 0.3) is 0 Å². The average molecular weight is 267 g/mol. The van der Waals surface area contributed by atoms with Gasteiger partial charge < -0.3 is 20.3 Å². The van der Waals surface area contributed by atoms with Crippen molar-refractivity contribution in [1.29, 1.82) is 0 Å². The van der Waals surface area contributed by atoms with Crippen molar-refractivity contribution in [3.05, 3.63) is 29.3 Å². The van der Waals surface area contributed by atoms with E-state index in [1.165, 1.54) is 0 Å². The lowest BCUT2D eigenvalue weighted by molar-refractivity contribution is -0.0124. The number of aryl methyl sites for hydroxylation is 1. The van der Waals surface area contributed by atoms with Crippen LogP contribution >= 0.6 is 0 Å². The molecular formula is C15H25NO3. The van der Waals surface area contributed by atoms with Crippen LogP contribution < -0.4 is 10.5 Å². The number of benzene rings is 1. The zero-order valence-corrected chi connectivity index (χ0v) is 12.2. The van der Waals surface area contributed by atoms with E-state index in [1.807, 2.05) is 45.9 Å². The van der Waals surface area contributed by atoms with Crippen molar-refractivity contribution in [2.24, 2.45) is 5.73 Å². The second kappa shape index (κ2) is 7.48. The first-order valence-corrected chi connectivity index (χ1v) is 6.68. The zero-order chi connectivity index (χ0) is 14.4. The maximum Gasteiger partial charge on any atom is 0.124 e. The van der Waals surface area contributed by atoms with Gasteiger partial charge in [-0.1, -0.05) is 12.1 Å². The fraction of sp³-hybridized carbons (Fsp3) is 0.600. The minimum Gasteiger partial charge on any atom is -0.490 e. The normalized spacial score (nSPS) is 14.5. The predicted octanol–water partition coefficient (Wildman–Crippen LogP) is 2.18. The fourth-order valence-electron chi connectivity index (χ4n) is 1.68. The van der Waals surface area contributed by atoms with Gasteiger partial charge in [0, 0.05) is 11.6 Å². The first-order chi connectivity index (χ1) is 8.90. The third-order valence-electron chi connectivity index (χ3n) is 2.71. The van der Waals surface area contributed by atoms with Crippen LogP contribution in [0.2, 0.25) is 0 Å². The Morgan fingerprint density at radius 1 is 1.21 bits per heavy atom. The monoisotopic (exact) mass is 267 g/mol. The van der Waals surface area contributed by atoms with Crippen molar-refractivity contribution >= 4 is 0 Å². The van der Waals surface area contributed by atoms with E-state index in [1.54, 1.807) is 0 Å². The number of ether oxygens (including phenoxy) is 2. The van der Waals surface area contributed by atoms with Gasteiger partial charge >= 0.3 is 0 Å². The largest absolute Gasteiger partial charge is 0.490 e. The Hall–Kier alpha value is -1.10. The molecule has 2 atom stereocenters. The van der Waals surface area contributed by atoms with Gasteiger partial charge in [-0.05, 0) is 39.3 Å². The van der Waals surface area contributed by atoms with Gasteiger partial charge in [0.2, 0.25) is 0 Å². The van der Waals surface area contributed by atoms with Gasteiger partial charge in [-0.3, -0.25) is 0 Å². The summed E-state index contributed by atoms with van der Waals surface area (Å²) in [5.41, 5.74) is 7.95. The van der Waals surface area contributed by atoms with E-state index in [4.69, 9.17) is 15.2 Å². The summed E-state index contributed by atoms with van der Waals surface area (Å²) in [6.07, 6.45) is -0.530. The van der Waals surface area contributed by atoms with E-state index < -0.39 is 6.10 Å². The highest BCUT2D eigenvalue weighted by molar-refractivity contribution is 5.38. The van der Waals surface area contributed by atoms with E-state index in [9.17, 15) is 5.11 Å². The summed E-state index contributed by atoms with van der Waals surface area (Å²) in [7, 11) is 0. The molecule has 1 rings (SSSR count). The van der Waals surface area contributed by atoms with Crippen LogP contribution in [0.5, 0.6) is 5.75 Å². The molecule has 4 heteroatoms. The molecule has 0 radical (unpaired) electrons. The summed E-state index contributed by atoms with van der Waals surface area (Å²) >= 11 is 0. The lowest BCUT2D eigenvalue weighted by Gasteiger charge is -2.18. The third-order valence-corrected chi connectivity index (χ3v) is 2.71. The van der Waals surface area contributed by atoms with Crippen molar-refractivity contribution in [2.45, 2.75) is 45.9 Å². The quantitative estimate of drug-likeness (QED) is 0.794. The van der Waals surface area contributed by atoms with Crippen LogP contribution in [-0.2, 0) is 4.74 Å². The zero-order valence-electron chi connectivity index (χ0n) is 12.2. The van der Waals surface area contributed by atoms with Gasteiger partial charge in [-0.2, -0.15) is 0 Å². The van der Waals surface area contributed by atoms with E-state index in [2.05, 4.69) is 0 Å². The number of nitrogens with two attached hydrogens (primary N) is 1. The van der Waals surface area contributed by atoms with Gasteiger partial charge in [0.05, 0.1) is 12.7 Å². The van der Waals surface area contributed by atoms with Crippen LogP contribution in [0.4, 0.5) is 0 Å². The second-order valence-corrected chi connectivity index (χ2v) is 5.18. The molecule has 0 saturated carbocycles. The molecular weight excluding hydrogens is 242 g/mol. The van der Waals surface area contributed by atoms with Gasteiger partial charge in [0.1, 0.15) is 18.5 Å². The number of aliphatic hydroxyl groups is 1. The molecule has 108 valence electrons. The predicted molar refractivity (Wildman–Crippen MR) is 76.4 cm³/mol. The first-order valence-electron chi connectivity index (χ1n) is 6.68. The van der Waals surface area contributed by atoms with Crippen molar-refractivity contribution in [1.82, 2.24) is 0 Å². The Morgan fingerprint density at radius 3 is 2.47 bits per heavy atom. The van der Waals surface area contributed by atoms with E-state index >= 15 is 0 Å². The molecule has 0 aliphatic rings. The highest BCUT2D eigenvalue weighted by Crippen LogP contribution is 2.25. The summed E-state index contributed by atoms with van der Waals surface area (Å²) in [6.45, 7) is 8.25. The molecule has 0 aliphatic heterocycles. The summed E-state index contributed by atoms with van der Waals surface area (Å²) in [5, 5.41) is 9.78. The molecule has 19 heavy (non-hydrogen) atoms. The van der Waals surface area contributed by atoms with E-state index in [0.717, 1.165) is 16.9 Å². The Kier molecular flexibility index (Phi) is 6.28. The molecule has 0 aromatic heterocycles. The molecule has 4 nitrogen and oxygen atoms in total. The number of hydrogen-bond acceptors (Lipinski definition) is 4. The highest BCUT2D eigenvalue weighted by Gasteiger charge is 2.11. The summed E-state index contributed by atoms with van der Waals surface area (Å²) in [6, 6.07) is 5.81. The Labute approximate surface area is 115 Å². The maximum atomic E-state index is 9.78. The van der Waals surface area contributed by atoms with Crippen LogP contribution in [0.1, 0.15) is 37.9 Å². The topological polar surface area (TPSA) is 64.7 Å². The highest BCUT2D eigenvalue weighted by atomic mass is 16.5. The van der Waals surface area contributed by atoms with Gasteiger partial charge in [-0.25, -0.2) is 0 Å². The molecule has 0 bridgehead atoms. The molecule has 0 saturated heterocycles. The lowest BCUT2D eigenvalue weighted by Crippen LogP contribution is -2.25. The van der Waals surface area contributed by atoms with Crippen molar-refractivity contribution in [3.63, 3.8) is 0 Å². The number of aliphatic hydroxyl groups excluding tert-OH is 1. The number of hydrogen-bond donors (Lipinski definition) is 2. The van der Waals surface area contributed by atoms with Crippen LogP contribution in [0.15, 0.2) is 18.2 Å². The molecule has 1 aromatic rings. The first kappa shape index (κ1) is 16.0. The molecule has 0 aliphatic carbocycles. The molecule has 0 fully saturated rings. The SMILES string of the molecule is Cc1ccc([C@H](C)N)c(OCC(O)COC(C)C)c1. The lowest BCUT2D eigenvalue weighted by atomic mass is 10.1. The maximum absolute atomic E-state index is 9.78. The molecule has 0 heterocycles. The minimum atomic E-state index is -0.635. The van der Waals surface area contributed by atoms with E-state index in [-0.39, 0.29) is 25.4 Å². The smallest absolute Gasteiger partial charge is 0.124 e.